The number of rotatable bonds is 2. The molecule has 2 N–H and O–H groups in total. The molecule has 12 heavy (non-hydrogen) atoms. The zero-order chi connectivity index (χ0) is 9.14. The summed E-state index contributed by atoms with van der Waals surface area (Å²) in [6.07, 6.45) is 3.37. The summed E-state index contributed by atoms with van der Waals surface area (Å²) in [5, 5.41) is 0.102. The number of nitrogens with one attached hydrogen (secondary N) is 2. The molecule has 0 aliphatic carbocycles. The lowest BCUT2D eigenvalue weighted by Crippen LogP contribution is -2.24. The van der Waals surface area contributed by atoms with Crippen molar-refractivity contribution in [2.24, 2.45) is 0 Å². The molecule has 0 spiro atoms. The van der Waals surface area contributed by atoms with Crippen LogP contribution in [0.5, 0.6) is 0 Å². The van der Waals surface area contributed by atoms with E-state index in [9.17, 15) is 9.59 Å². The first-order valence-corrected chi connectivity index (χ1v) is 4.78. The van der Waals surface area contributed by atoms with Crippen molar-refractivity contribution >= 4 is 11.8 Å². The molecule has 0 aliphatic heterocycles. The van der Waals surface area contributed by atoms with Crippen LogP contribution in [0.1, 0.15) is 17.7 Å². The standard InChI is InChI=1S/C7H10N2O2S/c1-4(12-2)5-3-8-7(11)9-6(5)10/h3-4H,1-2H3,(H2,8,9,10,11). The van der Waals surface area contributed by atoms with Crippen LogP contribution < -0.4 is 11.2 Å². The molecular formula is C7H10N2O2S. The molecule has 1 rings (SSSR count). The lowest BCUT2D eigenvalue weighted by atomic mass is 10.2. The van der Waals surface area contributed by atoms with Crippen LogP contribution >= 0.6 is 11.8 Å². The molecular weight excluding hydrogens is 176 g/mol. The third-order valence-electron chi connectivity index (χ3n) is 1.64. The third-order valence-corrected chi connectivity index (χ3v) is 2.60. The first kappa shape index (κ1) is 9.12. The zero-order valence-electron chi connectivity index (χ0n) is 6.88. The SMILES string of the molecule is CSC(C)c1c[nH]c(=O)[nH]c1=O. The van der Waals surface area contributed by atoms with Crippen molar-refractivity contribution in [3.05, 3.63) is 32.6 Å². The Morgan fingerprint density at radius 1 is 1.50 bits per heavy atom. The molecule has 0 aliphatic rings. The van der Waals surface area contributed by atoms with Gasteiger partial charge in [-0.1, -0.05) is 0 Å². The van der Waals surface area contributed by atoms with E-state index in [2.05, 4.69) is 9.97 Å². The quantitative estimate of drug-likeness (QED) is 0.706. The van der Waals surface area contributed by atoms with Gasteiger partial charge in [0.15, 0.2) is 0 Å². The van der Waals surface area contributed by atoms with Crippen molar-refractivity contribution < 1.29 is 0 Å². The van der Waals surface area contributed by atoms with E-state index in [0.29, 0.717) is 5.56 Å². The Labute approximate surface area is 73.4 Å². The van der Waals surface area contributed by atoms with E-state index in [1.54, 1.807) is 11.8 Å². The van der Waals surface area contributed by atoms with Crippen molar-refractivity contribution in [3.63, 3.8) is 0 Å². The second-order valence-corrected chi connectivity index (χ2v) is 3.58. The summed E-state index contributed by atoms with van der Waals surface area (Å²) in [5.74, 6) is 0. The molecule has 1 unspecified atom stereocenters. The predicted molar refractivity (Wildman–Crippen MR) is 49.6 cm³/mol. The number of H-pyrrole nitrogens is 2. The Kier molecular flexibility index (Phi) is 2.75. The maximum Gasteiger partial charge on any atom is 0.325 e. The Bertz CT molecular complexity index is 368. The van der Waals surface area contributed by atoms with Crippen molar-refractivity contribution in [3.8, 4) is 0 Å². The summed E-state index contributed by atoms with van der Waals surface area (Å²) in [5.41, 5.74) is -0.167. The maximum absolute atomic E-state index is 11.2. The fraction of sp³-hybridized carbons (Fsp3) is 0.429. The normalized spacial score (nSPS) is 12.8. The lowest BCUT2D eigenvalue weighted by molar-refractivity contribution is 0.949. The molecule has 0 saturated heterocycles. The highest BCUT2D eigenvalue weighted by atomic mass is 32.2. The molecule has 5 heteroatoms. The monoisotopic (exact) mass is 186 g/mol. The van der Waals surface area contributed by atoms with Gasteiger partial charge in [-0.25, -0.2) is 4.79 Å². The molecule has 0 saturated carbocycles. The molecule has 0 fully saturated rings. The second kappa shape index (κ2) is 3.62. The average Bonchev–Trinajstić information content (AvgIpc) is 2.03. The van der Waals surface area contributed by atoms with Gasteiger partial charge in [-0.2, -0.15) is 11.8 Å². The molecule has 0 amide bonds. The van der Waals surface area contributed by atoms with E-state index < -0.39 is 5.69 Å². The molecule has 1 atom stereocenters. The highest BCUT2D eigenvalue weighted by Gasteiger charge is 2.07. The van der Waals surface area contributed by atoms with Crippen LogP contribution in [0.25, 0.3) is 0 Å². The summed E-state index contributed by atoms with van der Waals surface area (Å²) in [7, 11) is 0. The van der Waals surface area contributed by atoms with Crippen LogP contribution in [0.3, 0.4) is 0 Å². The number of aromatic nitrogens is 2. The van der Waals surface area contributed by atoms with E-state index in [4.69, 9.17) is 0 Å². The Morgan fingerprint density at radius 2 is 2.17 bits per heavy atom. The Balaban J connectivity index is 3.19. The minimum atomic E-state index is -0.461. The molecule has 1 heterocycles. The van der Waals surface area contributed by atoms with Crippen LogP contribution in [-0.2, 0) is 0 Å². The van der Waals surface area contributed by atoms with Gasteiger partial charge in [0, 0.05) is 17.0 Å². The molecule has 66 valence electrons. The topological polar surface area (TPSA) is 65.7 Å². The number of hydrogen-bond donors (Lipinski definition) is 2. The first-order valence-electron chi connectivity index (χ1n) is 3.50. The summed E-state index contributed by atoms with van der Waals surface area (Å²) in [6, 6.07) is 0. The molecule has 0 radical (unpaired) electrons. The summed E-state index contributed by atoms with van der Waals surface area (Å²) >= 11 is 1.56. The van der Waals surface area contributed by atoms with Gasteiger partial charge in [-0.15, -0.1) is 0 Å². The second-order valence-electron chi connectivity index (χ2n) is 2.41. The smallest absolute Gasteiger partial charge is 0.314 e. The van der Waals surface area contributed by atoms with Gasteiger partial charge in [0.25, 0.3) is 5.56 Å². The predicted octanol–water partition coefficient (Wildman–Crippen LogP) is 0.487. The van der Waals surface area contributed by atoms with E-state index in [1.165, 1.54) is 6.20 Å². The largest absolute Gasteiger partial charge is 0.325 e. The average molecular weight is 186 g/mol. The van der Waals surface area contributed by atoms with E-state index >= 15 is 0 Å². The highest BCUT2D eigenvalue weighted by molar-refractivity contribution is 7.98. The van der Waals surface area contributed by atoms with E-state index in [0.717, 1.165) is 0 Å². The maximum atomic E-state index is 11.2. The first-order chi connectivity index (χ1) is 5.65. The van der Waals surface area contributed by atoms with Crippen molar-refractivity contribution in [1.29, 1.82) is 0 Å². The molecule has 0 bridgehead atoms. The number of aromatic amines is 2. The van der Waals surface area contributed by atoms with Gasteiger partial charge in [0.2, 0.25) is 0 Å². The van der Waals surface area contributed by atoms with Crippen LogP contribution in [0, 0.1) is 0 Å². The van der Waals surface area contributed by atoms with E-state index in [-0.39, 0.29) is 10.8 Å². The Hall–Kier alpha value is -0.970. The fourth-order valence-electron chi connectivity index (χ4n) is 0.849. The molecule has 0 aromatic carbocycles. The minimum absolute atomic E-state index is 0.102. The molecule has 4 nitrogen and oxygen atoms in total. The van der Waals surface area contributed by atoms with E-state index in [1.807, 2.05) is 13.2 Å². The number of thioether (sulfide) groups is 1. The lowest BCUT2D eigenvalue weighted by Gasteiger charge is -2.04. The summed E-state index contributed by atoms with van der Waals surface area (Å²) < 4.78 is 0. The van der Waals surface area contributed by atoms with Crippen LogP contribution in [-0.4, -0.2) is 16.2 Å². The van der Waals surface area contributed by atoms with Crippen LogP contribution in [0.15, 0.2) is 15.8 Å². The van der Waals surface area contributed by atoms with Gasteiger partial charge in [0.05, 0.1) is 0 Å². The van der Waals surface area contributed by atoms with Crippen molar-refractivity contribution in [2.75, 3.05) is 6.26 Å². The summed E-state index contributed by atoms with van der Waals surface area (Å²) in [6.45, 7) is 1.91. The summed E-state index contributed by atoms with van der Waals surface area (Å²) in [4.78, 5) is 26.4. The van der Waals surface area contributed by atoms with Gasteiger partial charge in [0.1, 0.15) is 0 Å². The number of hydrogen-bond acceptors (Lipinski definition) is 3. The minimum Gasteiger partial charge on any atom is -0.314 e. The van der Waals surface area contributed by atoms with Crippen LogP contribution in [0.4, 0.5) is 0 Å². The van der Waals surface area contributed by atoms with Gasteiger partial charge in [-0.05, 0) is 13.2 Å². The highest BCUT2D eigenvalue weighted by Crippen LogP contribution is 2.20. The van der Waals surface area contributed by atoms with Gasteiger partial charge >= 0.3 is 5.69 Å². The zero-order valence-corrected chi connectivity index (χ0v) is 7.70. The fourth-order valence-corrected chi connectivity index (χ4v) is 1.28. The van der Waals surface area contributed by atoms with Crippen molar-refractivity contribution in [2.45, 2.75) is 12.2 Å². The van der Waals surface area contributed by atoms with Crippen LogP contribution in [0.2, 0.25) is 0 Å². The van der Waals surface area contributed by atoms with Gasteiger partial charge in [-0.3, -0.25) is 9.78 Å². The van der Waals surface area contributed by atoms with Crippen molar-refractivity contribution in [1.82, 2.24) is 9.97 Å². The third kappa shape index (κ3) is 1.79. The van der Waals surface area contributed by atoms with Gasteiger partial charge < -0.3 is 4.98 Å². The Morgan fingerprint density at radius 3 is 2.67 bits per heavy atom. The molecule has 1 aromatic rings. The molecule has 1 aromatic heterocycles.